The molecule has 1 fully saturated rings. The fourth-order valence-electron chi connectivity index (χ4n) is 3.47. The van der Waals surface area contributed by atoms with Gasteiger partial charge in [-0.1, -0.05) is 39.0 Å². The molecule has 26 heavy (non-hydrogen) atoms. The molecule has 144 valence electrons. The highest BCUT2D eigenvalue weighted by Crippen LogP contribution is 2.36. The predicted octanol–water partition coefficient (Wildman–Crippen LogP) is 3.16. The number of nitrogens with zero attached hydrogens (tertiary/aromatic N) is 1. The van der Waals surface area contributed by atoms with Gasteiger partial charge in [-0.15, -0.1) is 0 Å². The van der Waals surface area contributed by atoms with Crippen molar-refractivity contribution in [2.24, 2.45) is 5.41 Å². The lowest BCUT2D eigenvalue weighted by molar-refractivity contribution is -0.136. The van der Waals surface area contributed by atoms with Crippen LogP contribution in [0.25, 0.3) is 0 Å². The number of thioether (sulfide) groups is 1. The molecule has 6 heteroatoms. The largest absolute Gasteiger partial charge is 0.457 e. The van der Waals surface area contributed by atoms with Gasteiger partial charge in [0.2, 0.25) is 5.91 Å². The first-order valence-electron chi connectivity index (χ1n) is 8.93. The molecule has 1 aromatic rings. The summed E-state index contributed by atoms with van der Waals surface area (Å²) in [6.07, 6.45) is 1.92. The topological polar surface area (TPSA) is 58.6 Å². The van der Waals surface area contributed by atoms with Crippen LogP contribution in [0.5, 0.6) is 0 Å². The number of carbonyl (C=O) groups excluding carboxylic acids is 2. The number of nitrogens with one attached hydrogen (secondary N) is 1. The molecule has 1 saturated heterocycles. The minimum atomic E-state index is -0.903. The van der Waals surface area contributed by atoms with Crippen molar-refractivity contribution < 1.29 is 14.3 Å². The van der Waals surface area contributed by atoms with E-state index >= 15 is 0 Å². The molecule has 0 bridgehead atoms. The second-order valence-electron chi connectivity index (χ2n) is 7.96. The van der Waals surface area contributed by atoms with Crippen LogP contribution in [0.15, 0.2) is 30.3 Å². The zero-order chi connectivity index (χ0) is 19.5. The van der Waals surface area contributed by atoms with Crippen molar-refractivity contribution in [3.63, 3.8) is 0 Å². The standard InChI is InChI=1S/C20H30N2O3S/c1-14(25-16(23)15-10-8-7-9-11-15)20(12-13-26-6)18(24)22(5)17(21-20)19(2,3)4/h7-11,14,17,21H,12-13H2,1-6H3/t14?,17-,20+/m1/s1. The van der Waals surface area contributed by atoms with E-state index in [1.54, 1.807) is 40.9 Å². The third-order valence-electron chi connectivity index (χ3n) is 4.99. The summed E-state index contributed by atoms with van der Waals surface area (Å²) in [4.78, 5) is 27.5. The van der Waals surface area contributed by atoms with Crippen molar-refractivity contribution in [1.29, 1.82) is 0 Å². The van der Waals surface area contributed by atoms with E-state index in [9.17, 15) is 9.59 Å². The second kappa shape index (κ2) is 8.01. The fraction of sp³-hybridized carbons (Fsp3) is 0.600. The lowest BCUT2D eigenvalue weighted by Crippen LogP contribution is -2.58. The number of ether oxygens (including phenoxy) is 1. The molecular formula is C20H30N2O3S. The Morgan fingerprint density at radius 3 is 2.46 bits per heavy atom. The van der Waals surface area contributed by atoms with Crippen molar-refractivity contribution >= 4 is 23.6 Å². The summed E-state index contributed by atoms with van der Waals surface area (Å²) in [5.41, 5.74) is -0.542. The van der Waals surface area contributed by atoms with Gasteiger partial charge in [0, 0.05) is 7.05 Å². The van der Waals surface area contributed by atoms with Crippen LogP contribution in [-0.4, -0.2) is 53.6 Å². The number of carbonyl (C=O) groups is 2. The van der Waals surface area contributed by atoms with Crippen molar-refractivity contribution in [2.45, 2.75) is 51.9 Å². The Labute approximate surface area is 160 Å². The molecular weight excluding hydrogens is 348 g/mol. The van der Waals surface area contributed by atoms with E-state index in [1.807, 2.05) is 26.3 Å². The molecule has 1 N–H and O–H groups in total. The molecule has 5 nitrogen and oxygen atoms in total. The quantitative estimate of drug-likeness (QED) is 0.771. The minimum absolute atomic E-state index is 0.0140. The summed E-state index contributed by atoms with van der Waals surface area (Å²) in [7, 11) is 1.82. The SMILES string of the molecule is CSCC[C@@]1(C(C)OC(=O)c2ccccc2)N[C@@H](C(C)(C)C)N(C)C1=O. The molecule has 0 spiro atoms. The Morgan fingerprint density at radius 1 is 1.35 bits per heavy atom. The van der Waals surface area contributed by atoms with E-state index < -0.39 is 17.6 Å². The average molecular weight is 379 g/mol. The second-order valence-corrected chi connectivity index (χ2v) is 8.94. The number of esters is 1. The van der Waals surface area contributed by atoms with E-state index in [1.165, 1.54) is 0 Å². The van der Waals surface area contributed by atoms with Crippen LogP contribution in [0.2, 0.25) is 0 Å². The maximum absolute atomic E-state index is 13.2. The highest BCUT2D eigenvalue weighted by molar-refractivity contribution is 7.98. The van der Waals surface area contributed by atoms with Gasteiger partial charge in [-0.25, -0.2) is 4.79 Å². The van der Waals surface area contributed by atoms with Gasteiger partial charge >= 0.3 is 5.97 Å². The van der Waals surface area contributed by atoms with Gasteiger partial charge in [0.15, 0.2) is 0 Å². The highest BCUT2D eigenvalue weighted by Gasteiger charge is 2.56. The van der Waals surface area contributed by atoms with Crippen LogP contribution in [0.1, 0.15) is 44.5 Å². The maximum atomic E-state index is 13.2. The van der Waals surface area contributed by atoms with Crippen LogP contribution >= 0.6 is 11.8 Å². The number of hydrogen-bond acceptors (Lipinski definition) is 5. The molecule has 1 amide bonds. The first kappa shape index (κ1) is 20.8. The van der Waals surface area contributed by atoms with Crippen LogP contribution in [0.3, 0.4) is 0 Å². The summed E-state index contributed by atoms with van der Waals surface area (Å²) in [5, 5.41) is 3.52. The predicted molar refractivity (Wildman–Crippen MR) is 106 cm³/mol. The van der Waals surface area contributed by atoms with Gasteiger partial charge in [-0.3, -0.25) is 10.1 Å². The van der Waals surface area contributed by atoms with Crippen LogP contribution in [0, 0.1) is 5.41 Å². The molecule has 0 saturated carbocycles. The Hall–Kier alpha value is -1.53. The fourth-order valence-corrected chi connectivity index (χ4v) is 4.00. The molecule has 2 rings (SSSR count). The first-order valence-corrected chi connectivity index (χ1v) is 10.3. The summed E-state index contributed by atoms with van der Waals surface area (Å²) >= 11 is 1.68. The summed E-state index contributed by atoms with van der Waals surface area (Å²) in [6.45, 7) is 8.10. The van der Waals surface area contributed by atoms with E-state index in [4.69, 9.17) is 4.74 Å². The molecule has 0 aliphatic carbocycles. The lowest BCUT2D eigenvalue weighted by atomic mass is 9.88. The Morgan fingerprint density at radius 2 is 1.96 bits per heavy atom. The number of benzene rings is 1. The first-order chi connectivity index (χ1) is 12.1. The molecule has 1 aliphatic heterocycles. The van der Waals surface area contributed by atoms with E-state index in [0.717, 1.165) is 5.75 Å². The number of rotatable bonds is 6. The van der Waals surface area contributed by atoms with E-state index in [0.29, 0.717) is 12.0 Å². The lowest BCUT2D eigenvalue weighted by Gasteiger charge is -2.35. The van der Waals surface area contributed by atoms with Gasteiger partial charge in [0.05, 0.1) is 11.7 Å². The van der Waals surface area contributed by atoms with Gasteiger partial charge in [0.1, 0.15) is 11.6 Å². The Kier molecular flexibility index (Phi) is 6.40. The van der Waals surface area contributed by atoms with Crippen molar-refractivity contribution in [1.82, 2.24) is 10.2 Å². The maximum Gasteiger partial charge on any atom is 0.338 e. The van der Waals surface area contributed by atoms with Gasteiger partial charge in [-0.2, -0.15) is 11.8 Å². The molecule has 0 radical (unpaired) electrons. The third-order valence-corrected chi connectivity index (χ3v) is 5.60. The van der Waals surface area contributed by atoms with Crippen LogP contribution < -0.4 is 5.32 Å². The Balaban J connectivity index is 2.28. The van der Waals surface area contributed by atoms with Gasteiger partial charge < -0.3 is 9.64 Å². The van der Waals surface area contributed by atoms with Crippen molar-refractivity contribution in [3.05, 3.63) is 35.9 Å². The van der Waals surface area contributed by atoms with Crippen molar-refractivity contribution in [3.8, 4) is 0 Å². The summed E-state index contributed by atoms with van der Waals surface area (Å²) in [5.74, 6) is 0.384. The smallest absolute Gasteiger partial charge is 0.338 e. The highest BCUT2D eigenvalue weighted by atomic mass is 32.2. The number of hydrogen-bond donors (Lipinski definition) is 1. The normalized spacial score (nSPS) is 24.6. The summed E-state index contributed by atoms with van der Waals surface area (Å²) < 4.78 is 5.74. The zero-order valence-corrected chi connectivity index (χ0v) is 17.4. The zero-order valence-electron chi connectivity index (χ0n) is 16.5. The average Bonchev–Trinajstić information content (AvgIpc) is 2.86. The number of amides is 1. The molecule has 0 aromatic heterocycles. The minimum Gasteiger partial charge on any atom is -0.457 e. The molecule has 3 atom stereocenters. The van der Waals surface area contributed by atoms with E-state index in [-0.39, 0.29) is 17.5 Å². The Bertz CT molecular complexity index is 644. The molecule has 1 unspecified atom stereocenters. The van der Waals surface area contributed by atoms with E-state index in [2.05, 4.69) is 26.1 Å². The van der Waals surface area contributed by atoms with Crippen LogP contribution in [-0.2, 0) is 9.53 Å². The molecule has 1 aliphatic rings. The molecule has 1 heterocycles. The van der Waals surface area contributed by atoms with Gasteiger partial charge in [-0.05, 0) is 42.9 Å². The van der Waals surface area contributed by atoms with Crippen molar-refractivity contribution in [2.75, 3.05) is 19.1 Å². The van der Waals surface area contributed by atoms with Crippen LogP contribution in [0.4, 0.5) is 0 Å². The summed E-state index contributed by atoms with van der Waals surface area (Å²) in [6, 6.07) is 8.89. The molecule has 1 aromatic carbocycles. The monoisotopic (exact) mass is 378 g/mol. The third kappa shape index (κ3) is 4.07. The number of likely N-dealkylation sites (N-methyl/N-ethyl adjacent to an activating group) is 1. The van der Waals surface area contributed by atoms with Gasteiger partial charge in [0.25, 0.3) is 0 Å².